The summed E-state index contributed by atoms with van der Waals surface area (Å²) in [7, 11) is 1.43. The molecule has 0 amide bonds. The van der Waals surface area contributed by atoms with Crippen LogP contribution in [0.1, 0.15) is 5.56 Å². The number of H-pyrrole nitrogens is 1. The van der Waals surface area contributed by atoms with Gasteiger partial charge in [0.1, 0.15) is 0 Å². The van der Waals surface area contributed by atoms with E-state index in [2.05, 4.69) is 10.1 Å². The molecular formula is C16H13N3O4. The van der Waals surface area contributed by atoms with Crippen molar-refractivity contribution in [2.45, 2.75) is 0 Å². The molecule has 0 aliphatic carbocycles. The number of hydrogen-bond donors (Lipinski definition) is 2. The van der Waals surface area contributed by atoms with Crippen molar-refractivity contribution in [2.24, 2.45) is 5.10 Å². The number of ether oxygens (including phenoxy) is 1. The van der Waals surface area contributed by atoms with Crippen molar-refractivity contribution >= 4 is 17.1 Å². The molecule has 2 aromatic carbocycles. The first kappa shape index (κ1) is 14.6. The van der Waals surface area contributed by atoms with Crippen molar-refractivity contribution in [3.63, 3.8) is 0 Å². The molecule has 7 heteroatoms. The zero-order chi connectivity index (χ0) is 16.4. The predicted molar refractivity (Wildman–Crippen MR) is 86.5 cm³/mol. The van der Waals surface area contributed by atoms with Gasteiger partial charge < -0.3 is 14.8 Å². The maximum atomic E-state index is 12.3. The highest BCUT2D eigenvalue weighted by molar-refractivity contribution is 5.85. The fourth-order valence-corrected chi connectivity index (χ4v) is 2.19. The van der Waals surface area contributed by atoms with Crippen LogP contribution in [0.5, 0.6) is 11.5 Å². The number of aromatic amines is 1. The van der Waals surface area contributed by atoms with E-state index in [1.54, 1.807) is 42.5 Å². The van der Waals surface area contributed by atoms with Gasteiger partial charge in [0.2, 0.25) is 0 Å². The molecule has 7 nitrogen and oxygen atoms in total. The molecule has 0 spiro atoms. The summed E-state index contributed by atoms with van der Waals surface area (Å²) in [5.74, 6) is 0.151. The summed E-state index contributed by atoms with van der Waals surface area (Å²) in [6, 6.07) is 11.5. The monoisotopic (exact) mass is 311 g/mol. The molecule has 116 valence electrons. The Morgan fingerprint density at radius 2 is 1.96 bits per heavy atom. The number of rotatable bonds is 3. The van der Waals surface area contributed by atoms with E-state index in [-0.39, 0.29) is 11.5 Å². The largest absolute Gasteiger partial charge is 0.504 e. The van der Waals surface area contributed by atoms with Gasteiger partial charge in [-0.2, -0.15) is 5.10 Å². The molecular weight excluding hydrogens is 298 g/mol. The lowest BCUT2D eigenvalue weighted by molar-refractivity contribution is 0.373. The van der Waals surface area contributed by atoms with E-state index in [1.807, 2.05) is 0 Å². The lowest BCUT2D eigenvalue weighted by atomic mass is 10.2. The Morgan fingerprint density at radius 3 is 2.74 bits per heavy atom. The summed E-state index contributed by atoms with van der Waals surface area (Å²) < 4.78 is 5.70. The SMILES string of the molecule is COc1cccc(/C=N/n2c(=O)[nH]c3ccccc3c2=O)c1O. The Balaban J connectivity index is 2.12. The average molecular weight is 311 g/mol. The maximum absolute atomic E-state index is 12.3. The maximum Gasteiger partial charge on any atom is 0.349 e. The molecule has 23 heavy (non-hydrogen) atoms. The summed E-state index contributed by atoms with van der Waals surface area (Å²) in [5.41, 5.74) is -0.433. The van der Waals surface area contributed by atoms with Gasteiger partial charge >= 0.3 is 5.69 Å². The topological polar surface area (TPSA) is 96.7 Å². The van der Waals surface area contributed by atoms with E-state index in [0.717, 1.165) is 0 Å². The van der Waals surface area contributed by atoms with Crippen LogP contribution in [-0.4, -0.2) is 28.1 Å². The van der Waals surface area contributed by atoms with Gasteiger partial charge in [0.25, 0.3) is 5.56 Å². The highest BCUT2D eigenvalue weighted by Gasteiger charge is 2.07. The number of nitrogens with zero attached hydrogens (tertiary/aromatic N) is 2. The lowest BCUT2D eigenvalue weighted by Gasteiger charge is -2.05. The van der Waals surface area contributed by atoms with Crippen LogP contribution in [0, 0.1) is 0 Å². The molecule has 0 aliphatic rings. The van der Waals surface area contributed by atoms with Crippen molar-refractivity contribution in [1.82, 2.24) is 9.66 Å². The fraction of sp³-hybridized carbons (Fsp3) is 0.0625. The summed E-state index contributed by atoms with van der Waals surface area (Å²) >= 11 is 0. The van der Waals surface area contributed by atoms with Gasteiger partial charge in [-0.3, -0.25) is 4.79 Å². The third-order valence-corrected chi connectivity index (χ3v) is 3.35. The average Bonchev–Trinajstić information content (AvgIpc) is 2.56. The van der Waals surface area contributed by atoms with E-state index in [9.17, 15) is 14.7 Å². The first-order valence-electron chi connectivity index (χ1n) is 6.76. The summed E-state index contributed by atoms with van der Waals surface area (Å²) in [6.07, 6.45) is 1.23. The molecule has 0 aliphatic heterocycles. The van der Waals surface area contributed by atoms with Crippen molar-refractivity contribution in [1.29, 1.82) is 0 Å². The summed E-state index contributed by atoms with van der Waals surface area (Å²) in [5, 5.41) is 14.2. The standard InChI is InChI=1S/C16H13N3O4/c1-23-13-8-4-5-10(14(13)20)9-17-19-15(21)11-6-2-3-7-12(11)18-16(19)22/h2-9,20H,1H3,(H,18,22)/b17-9+. The Morgan fingerprint density at radius 1 is 1.17 bits per heavy atom. The Bertz CT molecular complexity index is 1020. The fourth-order valence-electron chi connectivity index (χ4n) is 2.19. The molecule has 0 saturated carbocycles. The molecule has 0 radical (unpaired) electrons. The second kappa shape index (κ2) is 5.80. The zero-order valence-corrected chi connectivity index (χ0v) is 12.2. The van der Waals surface area contributed by atoms with Crippen LogP contribution < -0.4 is 16.0 Å². The van der Waals surface area contributed by atoms with Crippen LogP contribution in [-0.2, 0) is 0 Å². The first-order valence-corrected chi connectivity index (χ1v) is 6.76. The molecule has 0 bridgehead atoms. The Hall–Kier alpha value is -3.35. The van der Waals surface area contributed by atoms with Crippen molar-refractivity contribution < 1.29 is 9.84 Å². The van der Waals surface area contributed by atoms with E-state index < -0.39 is 11.2 Å². The number of benzene rings is 2. The van der Waals surface area contributed by atoms with Gasteiger partial charge in [0.05, 0.1) is 24.2 Å². The number of para-hydroxylation sites is 2. The summed E-state index contributed by atoms with van der Waals surface area (Å²) in [6.45, 7) is 0. The molecule has 0 saturated heterocycles. The van der Waals surface area contributed by atoms with E-state index in [0.29, 0.717) is 21.1 Å². The number of phenols is 1. The van der Waals surface area contributed by atoms with Crippen molar-refractivity contribution in [2.75, 3.05) is 7.11 Å². The smallest absolute Gasteiger partial charge is 0.349 e. The number of methoxy groups -OCH3 is 1. The van der Waals surface area contributed by atoms with Gasteiger partial charge in [-0.15, -0.1) is 4.68 Å². The number of phenolic OH excluding ortho intramolecular Hbond substituents is 1. The first-order chi connectivity index (χ1) is 11.1. The predicted octanol–water partition coefficient (Wildman–Crippen LogP) is 1.29. The zero-order valence-electron chi connectivity index (χ0n) is 12.2. The minimum absolute atomic E-state index is 0.121. The van der Waals surface area contributed by atoms with Crippen LogP contribution in [0.4, 0.5) is 0 Å². The van der Waals surface area contributed by atoms with Crippen LogP contribution in [0.25, 0.3) is 10.9 Å². The second-order valence-electron chi connectivity index (χ2n) is 4.74. The number of aromatic nitrogens is 2. The Labute approximate surface area is 130 Å². The van der Waals surface area contributed by atoms with Crippen LogP contribution in [0.15, 0.2) is 57.2 Å². The van der Waals surface area contributed by atoms with E-state index in [4.69, 9.17) is 4.74 Å². The van der Waals surface area contributed by atoms with E-state index >= 15 is 0 Å². The molecule has 3 aromatic rings. The summed E-state index contributed by atoms with van der Waals surface area (Å²) in [4.78, 5) is 26.9. The van der Waals surface area contributed by atoms with Crippen molar-refractivity contribution in [3.8, 4) is 11.5 Å². The van der Waals surface area contributed by atoms with Gasteiger partial charge in [-0.25, -0.2) is 4.79 Å². The van der Waals surface area contributed by atoms with E-state index in [1.165, 1.54) is 13.3 Å². The third-order valence-electron chi connectivity index (χ3n) is 3.35. The van der Waals surface area contributed by atoms with Gasteiger partial charge in [0, 0.05) is 5.56 Å². The number of hydrogen-bond acceptors (Lipinski definition) is 5. The normalized spacial score (nSPS) is 11.2. The molecule has 0 atom stereocenters. The number of aromatic hydroxyl groups is 1. The van der Waals surface area contributed by atoms with Crippen LogP contribution in [0.3, 0.4) is 0 Å². The van der Waals surface area contributed by atoms with Crippen LogP contribution in [0.2, 0.25) is 0 Å². The lowest BCUT2D eigenvalue weighted by Crippen LogP contribution is -2.32. The number of fused-ring (bicyclic) bond motifs is 1. The minimum Gasteiger partial charge on any atom is -0.504 e. The van der Waals surface area contributed by atoms with Gasteiger partial charge in [-0.1, -0.05) is 18.2 Å². The highest BCUT2D eigenvalue weighted by atomic mass is 16.5. The quantitative estimate of drug-likeness (QED) is 0.712. The molecule has 0 unspecified atom stereocenters. The molecule has 1 heterocycles. The minimum atomic E-state index is -0.660. The molecule has 0 fully saturated rings. The van der Waals surface area contributed by atoms with Gasteiger partial charge in [0.15, 0.2) is 11.5 Å². The molecule has 2 N–H and O–H groups in total. The highest BCUT2D eigenvalue weighted by Crippen LogP contribution is 2.27. The molecule has 1 aromatic heterocycles. The third kappa shape index (κ3) is 2.59. The van der Waals surface area contributed by atoms with Gasteiger partial charge in [-0.05, 0) is 24.3 Å². The number of nitrogens with one attached hydrogen (secondary N) is 1. The second-order valence-corrected chi connectivity index (χ2v) is 4.74. The van der Waals surface area contributed by atoms with Crippen molar-refractivity contribution in [3.05, 3.63) is 68.9 Å². The Kier molecular flexibility index (Phi) is 3.68. The molecule has 3 rings (SSSR count). The van der Waals surface area contributed by atoms with Crippen LogP contribution >= 0.6 is 0 Å².